The van der Waals surface area contributed by atoms with Gasteiger partial charge in [-0.15, -0.1) is 0 Å². The van der Waals surface area contributed by atoms with Crippen molar-refractivity contribution in [2.45, 2.75) is 6.61 Å². The minimum atomic E-state index is 0.407. The van der Waals surface area contributed by atoms with Gasteiger partial charge in [-0.3, -0.25) is 9.48 Å². The molecule has 5 heteroatoms. The Hall–Kier alpha value is -2.30. The summed E-state index contributed by atoms with van der Waals surface area (Å²) in [5.41, 5.74) is 1.53. The fourth-order valence-electron chi connectivity index (χ4n) is 1.58. The van der Waals surface area contributed by atoms with Crippen LogP contribution in [0.3, 0.4) is 0 Å². The van der Waals surface area contributed by atoms with Gasteiger partial charge in [0.25, 0.3) is 0 Å². The highest BCUT2D eigenvalue weighted by molar-refractivity contribution is 5.76. The molecule has 0 unspecified atom stereocenters. The lowest BCUT2D eigenvalue weighted by Crippen LogP contribution is -1.97. The molecule has 18 heavy (non-hydrogen) atoms. The van der Waals surface area contributed by atoms with E-state index in [1.165, 1.54) is 0 Å². The van der Waals surface area contributed by atoms with Gasteiger partial charge < -0.3 is 9.47 Å². The number of carbonyl (C=O) groups is 1. The first-order chi connectivity index (χ1) is 8.72. The zero-order valence-electron chi connectivity index (χ0n) is 10.3. The van der Waals surface area contributed by atoms with Gasteiger partial charge >= 0.3 is 0 Å². The van der Waals surface area contributed by atoms with Gasteiger partial charge in [0.05, 0.1) is 13.3 Å². The van der Waals surface area contributed by atoms with Gasteiger partial charge in [-0.25, -0.2) is 0 Å². The van der Waals surface area contributed by atoms with Crippen LogP contribution < -0.4 is 9.47 Å². The van der Waals surface area contributed by atoms with Gasteiger partial charge in [0.2, 0.25) is 0 Å². The van der Waals surface area contributed by atoms with Crippen molar-refractivity contribution in [3.8, 4) is 11.5 Å². The Balaban J connectivity index is 2.11. The van der Waals surface area contributed by atoms with Gasteiger partial charge in [-0.1, -0.05) is 0 Å². The van der Waals surface area contributed by atoms with E-state index < -0.39 is 0 Å². The van der Waals surface area contributed by atoms with Crippen molar-refractivity contribution in [3.63, 3.8) is 0 Å². The molecule has 0 aliphatic rings. The molecule has 0 saturated heterocycles. The molecule has 2 aromatic rings. The van der Waals surface area contributed by atoms with Gasteiger partial charge in [0, 0.05) is 24.4 Å². The highest BCUT2D eigenvalue weighted by Crippen LogP contribution is 2.28. The highest BCUT2D eigenvalue weighted by Gasteiger charge is 2.06. The Bertz CT molecular complexity index is 549. The van der Waals surface area contributed by atoms with Crippen LogP contribution in [0.5, 0.6) is 11.5 Å². The summed E-state index contributed by atoms with van der Waals surface area (Å²) in [6.45, 7) is 0.407. The van der Waals surface area contributed by atoms with E-state index >= 15 is 0 Å². The number of aldehydes is 1. The first-order valence-electron chi connectivity index (χ1n) is 5.46. The van der Waals surface area contributed by atoms with Gasteiger partial charge in [0.15, 0.2) is 11.5 Å². The highest BCUT2D eigenvalue weighted by atomic mass is 16.5. The molecule has 0 N–H and O–H groups in total. The summed E-state index contributed by atoms with van der Waals surface area (Å²) in [6.07, 6.45) is 4.39. The SMILES string of the molecule is COc1cc(C=O)ccc1OCc1cnn(C)c1. The molecule has 0 aliphatic carbocycles. The quantitative estimate of drug-likeness (QED) is 0.755. The molecule has 0 saturated carbocycles. The van der Waals surface area contributed by atoms with Gasteiger partial charge in [0.1, 0.15) is 12.9 Å². The van der Waals surface area contributed by atoms with Crippen LogP contribution in [0.4, 0.5) is 0 Å². The second-order valence-electron chi connectivity index (χ2n) is 3.84. The van der Waals surface area contributed by atoms with Crippen molar-refractivity contribution in [3.05, 3.63) is 41.7 Å². The zero-order valence-corrected chi connectivity index (χ0v) is 10.3. The number of nitrogens with zero attached hydrogens (tertiary/aromatic N) is 2. The van der Waals surface area contributed by atoms with E-state index in [0.717, 1.165) is 11.8 Å². The number of methoxy groups -OCH3 is 1. The molecule has 0 amide bonds. The lowest BCUT2D eigenvalue weighted by atomic mass is 10.2. The largest absolute Gasteiger partial charge is 0.493 e. The van der Waals surface area contributed by atoms with E-state index in [4.69, 9.17) is 9.47 Å². The van der Waals surface area contributed by atoms with E-state index in [0.29, 0.717) is 23.7 Å². The summed E-state index contributed by atoms with van der Waals surface area (Å²) in [5.74, 6) is 1.15. The van der Waals surface area contributed by atoms with Crippen molar-refractivity contribution in [2.24, 2.45) is 7.05 Å². The first-order valence-corrected chi connectivity index (χ1v) is 5.46. The number of carbonyl (C=O) groups excluding carboxylic acids is 1. The zero-order chi connectivity index (χ0) is 13.0. The standard InChI is InChI=1S/C13H14N2O3/c1-15-7-11(6-14-15)9-18-12-4-3-10(8-16)5-13(12)17-2/h3-8H,9H2,1-2H3. The Morgan fingerprint density at radius 3 is 2.83 bits per heavy atom. The number of hydrogen-bond donors (Lipinski definition) is 0. The molecule has 0 bridgehead atoms. The first kappa shape index (κ1) is 12.2. The minimum Gasteiger partial charge on any atom is -0.493 e. The molecule has 5 nitrogen and oxygen atoms in total. The minimum absolute atomic E-state index is 0.407. The van der Waals surface area contributed by atoms with Crippen LogP contribution in [0, 0.1) is 0 Å². The molecule has 1 heterocycles. The maximum absolute atomic E-state index is 10.7. The van der Waals surface area contributed by atoms with Crippen molar-refractivity contribution in [1.82, 2.24) is 9.78 Å². The normalized spacial score (nSPS) is 10.1. The number of ether oxygens (including phenoxy) is 2. The van der Waals surface area contributed by atoms with Crippen LogP contribution in [0.1, 0.15) is 15.9 Å². The molecule has 2 rings (SSSR count). The fraction of sp³-hybridized carbons (Fsp3) is 0.231. The third-order valence-electron chi connectivity index (χ3n) is 2.48. The molecule has 1 aromatic carbocycles. The van der Waals surface area contributed by atoms with Crippen LogP contribution >= 0.6 is 0 Å². The molecule has 0 atom stereocenters. The van der Waals surface area contributed by atoms with Crippen molar-refractivity contribution in [1.29, 1.82) is 0 Å². The lowest BCUT2D eigenvalue weighted by Gasteiger charge is -2.10. The van der Waals surface area contributed by atoms with Crippen LogP contribution in [0.25, 0.3) is 0 Å². The lowest BCUT2D eigenvalue weighted by molar-refractivity contribution is 0.112. The molecule has 0 radical (unpaired) electrons. The Morgan fingerprint density at radius 1 is 1.39 bits per heavy atom. The van der Waals surface area contributed by atoms with Crippen molar-refractivity contribution < 1.29 is 14.3 Å². The smallest absolute Gasteiger partial charge is 0.161 e. The average Bonchev–Trinajstić information content (AvgIpc) is 2.82. The Morgan fingerprint density at radius 2 is 2.22 bits per heavy atom. The summed E-state index contributed by atoms with van der Waals surface area (Å²) < 4.78 is 12.5. The maximum Gasteiger partial charge on any atom is 0.161 e. The van der Waals surface area contributed by atoms with E-state index in [1.54, 1.807) is 36.2 Å². The average molecular weight is 246 g/mol. The van der Waals surface area contributed by atoms with Crippen molar-refractivity contribution in [2.75, 3.05) is 7.11 Å². The van der Waals surface area contributed by atoms with Gasteiger partial charge in [-0.2, -0.15) is 5.10 Å². The second kappa shape index (κ2) is 5.35. The third-order valence-corrected chi connectivity index (χ3v) is 2.48. The second-order valence-corrected chi connectivity index (χ2v) is 3.84. The molecular formula is C13H14N2O3. The molecule has 1 aromatic heterocycles. The number of aryl methyl sites for hydroxylation is 1. The summed E-state index contributed by atoms with van der Waals surface area (Å²) in [6, 6.07) is 5.05. The Kier molecular flexibility index (Phi) is 3.62. The van der Waals surface area contributed by atoms with Crippen LogP contribution in [-0.4, -0.2) is 23.2 Å². The van der Waals surface area contributed by atoms with Crippen molar-refractivity contribution >= 4 is 6.29 Å². The van der Waals surface area contributed by atoms with Gasteiger partial charge in [-0.05, 0) is 18.2 Å². The predicted octanol–water partition coefficient (Wildman–Crippen LogP) is 1.82. The van der Waals surface area contributed by atoms with E-state index in [2.05, 4.69) is 5.10 Å². The molecule has 0 spiro atoms. The van der Waals surface area contributed by atoms with Crippen LogP contribution in [0.15, 0.2) is 30.6 Å². The molecule has 0 aliphatic heterocycles. The summed E-state index contributed by atoms with van der Waals surface area (Å²) >= 11 is 0. The van der Waals surface area contributed by atoms with E-state index in [1.807, 2.05) is 13.2 Å². The van der Waals surface area contributed by atoms with E-state index in [9.17, 15) is 4.79 Å². The van der Waals surface area contributed by atoms with E-state index in [-0.39, 0.29) is 0 Å². The summed E-state index contributed by atoms with van der Waals surface area (Å²) in [7, 11) is 3.39. The summed E-state index contributed by atoms with van der Waals surface area (Å²) in [4.78, 5) is 10.7. The van der Waals surface area contributed by atoms with Crippen LogP contribution in [-0.2, 0) is 13.7 Å². The summed E-state index contributed by atoms with van der Waals surface area (Å²) in [5, 5.41) is 4.06. The topological polar surface area (TPSA) is 53.4 Å². The maximum atomic E-state index is 10.7. The predicted molar refractivity (Wildman–Crippen MR) is 65.9 cm³/mol. The number of aromatic nitrogens is 2. The fourth-order valence-corrected chi connectivity index (χ4v) is 1.58. The van der Waals surface area contributed by atoms with Crippen LogP contribution in [0.2, 0.25) is 0 Å². The molecular weight excluding hydrogens is 232 g/mol. The monoisotopic (exact) mass is 246 g/mol. The number of benzene rings is 1. The third kappa shape index (κ3) is 2.68. The number of hydrogen-bond acceptors (Lipinski definition) is 4. The Labute approximate surface area is 105 Å². The number of rotatable bonds is 5. The molecule has 94 valence electrons. The molecule has 0 fully saturated rings.